The standard InChI is InChI=1S/C37H31N3O3/c1-22-18-23(2)35(24(3)19-22)37(41)29-13-17-34-32(21-29)31-20-28(36(39-43)27-8-6-5-7-9-27)12-16-33(31)40(34)30-14-10-26(11-15-30)25(4)38-42/h5-21,42-43H,1-4H3. The zero-order valence-electron chi connectivity index (χ0n) is 24.5. The predicted molar refractivity (Wildman–Crippen MR) is 173 cm³/mol. The first-order valence-electron chi connectivity index (χ1n) is 14.1. The van der Waals surface area contributed by atoms with E-state index in [2.05, 4.69) is 14.9 Å². The third-order valence-corrected chi connectivity index (χ3v) is 8.05. The van der Waals surface area contributed by atoms with Crippen molar-refractivity contribution in [1.29, 1.82) is 0 Å². The minimum absolute atomic E-state index is 0.0148. The number of fused-ring (bicyclic) bond motifs is 3. The Kier molecular flexibility index (Phi) is 7.12. The molecule has 0 saturated carbocycles. The van der Waals surface area contributed by atoms with Crippen LogP contribution >= 0.6 is 0 Å². The third kappa shape index (κ3) is 4.87. The highest BCUT2D eigenvalue weighted by molar-refractivity contribution is 6.19. The van der Waals surface area contributed by atoms with E-state index in [1.165, 1.54) is 0 Å². The molecule has 1 heterocycles. The number of aryl methyl sites for hydroxylation is 3. The van der Waals surface area contributed by atoms with Gasteiger partial charge in [0.1, 0.15) is 5.71 Å². The Balaban J connectivity index is 1.59. The molecule has 0 aliphatic heterocycles. The van der Waals surface area contributed by atoms with Crippen LogP contribution in [0.2, 0.25) is 0 Å². The first-order valence-corrected chi connectivity index (χ1v) is 14.1. The number of benzene rings is 5. The van der Waals surface area contributed by atoms with Gasteiger partial charge in [0.05, 0.1) is 16.7 Å². The summed E-state index contributed by atoms with van der Waals surface area (Å²) >= 11 is 0. The van der Waals surface area contributed by atoms with E-state index in [9.17, 15) is 15.2 Å². The van der Waals surface area contributed by atoms with Crippen LogP contribution in [0.4, 0.5) is 0 Å². The lowest BCUT2D eigenvalue weighted by molar-refractivity contribution is 0.103. The normalized spacial score (nSPS) is 12.3. The first-order chi connectivity index (χ1) is 20.8. The van der Waals surface area contributed by atoms with Crippen molar-refractivity contribution in [2.75, 3.05) is 0 Å². The molecule has 0 fully saturated rings. The van der Waals surface area contributed by atoms with Crippen LogP contribution in [0.15, 0.2) is 113 Å². The fourth-order valence-corrected chi connectivity index (χ4v) is 6.06. The molecular formula is C37H31N3O3. The minimum atomic E-state index is -0.0148. The summed E-state index contributed by atoms with van der Waals surface area (Å²) in [6, 6.07) is 33.3. The molecule has 0 atom stereocenters. The maximum Gasteiger partial charge on any atom is 0.193 e. The molecule has 0 amide bonds. The van der Waals surface area contributed by atoms with Crippen LogP contribution in [0.3, 0.4) is 0 Å². The lowest BCUT2D eigenvalue weighted by atomic mass is 9.92. The number of hydrogen-bond acceptors (Lipinski definition) is 5. The van der Waals surface area contributed by atoms with Crippen molar-refractivity contribution in [3.05, 3.63) is 148 Å². The van der Waals surface area contributed by atoms with Crippen molar-refractivity contribution in [3.8, 4) is 5.69 Å². The lowest BCUT2D eigenvalue weighted by Crippen LogP contribution is -2.07. The average Bonchev–Trinajstić information content (AvgIpc) is 3.34. The molecule has 43 heavy (non-hydrogen) atoms. The lowest BCUT2D eigenvalue weighted by Gasteiger charge is -2.11. The molecule has 2 N–H and O–H groups in total. The highest BCUT2D eigenvalue weighted by Crippen LogP contribution is 2.35. The Hall–Kier alpha value is -5.49. The summed E-state index contributed by atoms with van der Waals surface area (Å²) < 4.78 is 2.15. The second-order valence-corrected chi connectivity index (χ2v) is 10.9. The van der Waals surface area contributed by atoms with Crippen LogP contribution in [0, 0.1) is 20.8 Å². The van der Waals surface area contributed by atoms with Crippen molar-refractivity contribution < 1.29 is 15.2 Å². The topological polar surface area (TPSA) is 87.2 Å². The molecule has 0 spiro atoms. The summed E-state index contributed by atoms with van der Waals surface area (Å²) in [5, 5.41) is 28.1. The Morgan fingerprint density at radius 1 is 0.628 bits per heavy atom. The summed E-state index contributed by atoms with van der Waals surface area (Å²) in [4.78, 5) is 13.9. The van der Waals surface area contributed by atoms with E-state index in [0.717, 1.165) is 66.4 Å². The van der Waals surface area contributed by atoms with E-state index >= 15 is 0 Å². The van der Waals surface area contributed by atoms with Crippen LogP contribution in [0.1, 0.15) is 56.2 Å². The van der Waals surface area contributed by atoms with Crippen molar-refractivity contribution in [3.63, 3.8) is 0 Å². The first kappa shape index (κ1) is 27.7. The second kappa shape index (κ2) is 11.1. The number of nitrogens with zero attached hydrogens (tertiary/aromatic N) is 3. The molecular weight excluding hydrogens is 534 g/mol. The molecule has 0 bridgehead atoms. The van der Waals surface area contributed by atoms with E-state index in [1.54, 1.807) is 6.92 Å². The molecule has 1 aromatic heterocycles. The summed E-state index contributed by atoms with van der Waals surface area (Å²) in [6.45, 7) is 7.75. The molecule has 212 valence electrons. The van der Waals surface area contributed by atoms with Gasteiger partial charge in [-0.05, 0) is 86.8 Å². The van der Waals surface area contributed by atoms with Crippen molar-refractivity contribution in [2.45, 2.75) is 27.7 Å². The number of carbonyl (C=O) groups is 1. The van der Waals surface area contributed by atoms with Gasteiger partial charge in [-0.15, -0.1) is 0 Å². The maximum absolute atomic E-state index is 13.9. The van der Waals surface area contributed by atoms with E-state index in [-0.39, 0.29) is 5.78 Å². The van der Waals surface area contributed by atoms with E-state index in [1.807, 2.05) is 124 Å². The maximum atomic E-state index is 13.9. The predicted octanol–water partition coefficient (Wildman–Crippen LogP) is 8.36. The number of oxime groups is 2. The average molecular weight is 566 g/mol. The van der Waals surface area contributed by atoms with E-state index < -0.39 is 0 Å². The smallest absolute Gasteiger partial charge is 0.193 e. The molecule has 0 unspecified atom stereocenters. The van der Waals surface area contributed by atoms with Gasteiger partial charge in [0.2, 0.25) is 0 Å². The Morgan fingerprint density at radius 3 is 1.77 bits per heavy atom. The largest absolute Gasteiger partial charge is 0.411 e. The molecule has 6 nitrogen and oxygen atoms in total. The SMILES string of the molecule is CC(=NO)c1ccc(-n2c3ccc(C(=O)c4c(C)cc(C)cc4C)cc3c3cc(C(=NO)c4ccccc4)ccc32)cc1. The fourth-order valence-electron chi connectivity index (χ4n) is 6.06. The molecule has 0 radical (unpaired) electrons. The van der Waals surface area contributed by atoms with Gasteiger partial charge in [-0.1, -0.05) is 76.5 Å². The number of carbonyl (C=O) groups excluding carboxylic acids is 1. The molecule has 0 saturated heterocycles. The third-order valence-electron chi connectivity index (χ3n) is 8.05. The van der Waals surface area contributed by atoms with Crippen molar-refractivity contribution in [1.82, 2.24) is 4.57 Å². The van der Waals surface area contributed by atoms with Crippen LogP contribution in [-0.2, 0) is 0 Å². The molecule has 6 heteroatoms. The van der Waals surface area contributed by atoms with Crippen molar-refractivity contribution >= 4 is 39.0 Å². The zero-order chi connectivity index (χ0) is 30.2. The van der Waals surface area contributed by atoms with Crippen LogP contribution < -0.4 is 0 Å². The van der Waals surface area contributed by atoms with Gasteiger partial charge in [0, 0.05) is 38.7 Å². The van der Waals surface area contributed by atoms with E-state index in [4.69, 9.17) is 0 Å². The van der Waals surface area contributed by atoms with Gasteiger partial charge in [0.25, 0.3) is 0 Å². The Bertz CT molecular complexity index is 2060. The quantitative estimate of drug-likeness (QED) is 0.0921. The number of hydrogen-bond donors (Lipinski definition) is 2. The fraction of sp³-hybridized carbons (Fsp3) is 0.108. The second-order valence-electron chi connectivity index (χ2n) is 10.9. The molecule has 0 aliphatic carbocycles. The molecule has 6 aromatic rings. The van der Waals surface area contributed by atoms with Gasteiger partial charge in [-0.2, -0.15) is 0 Å². The van der Waals surface area contributed by atoms with Crippen molar-refractivity contribution in [2.24, 2.45) is 10.3 Å². The summed E-state index contributed by atoms with van der Waals surface area (Å²) in [5.41, 5.74) is 10.5. The van der Waals surface area contributed by atoms with Gasteiger partial charge in [-0.25, -0.2) is 0 Å². The zero-order valence-corrected chi connectivity index (χ0v) is 24.5. The van der Waals surface area contributed by atoms with Crippen LogP contribution in [0.5, 0.6) is 0 Å². The Labute approximate surface area is 249 Å². The molecule has 0 aliphatic rings. The molecule has 5 aromatic carbocycles. The van der Waals surface area contributed by atoms with Gasteiger partial charge in [0.15, 0.2) is 5.78 Å². The monoisotopic (exact) mass is 565 g/mol. The van der Waals surface area contributed by atoms with E-state index in [0.29, 0.717) is 17.0 Å². The highest BCUT2D eigenvalue weighted by Gasteiger charge is 2.20. The highest BCUT2D eigenvalue weighted by atomic mass is 16.4. The number of ketones is 1. The number of rotatable bonds is 6. The van der Waals surface area contributed by atoms with Gasteiger partial charge in [-0.3, -0.25) is 4.79 Å². The summed E-state index contributed by atoms with van der Waals surface area (Å²) in [5.74, 6) is -0.0148. The summed E-state index contributed by atoms with van der Waals surface area (Å²) in [7, 11) is 0. The van der Waals surface area contributed by atoms with Gasteiger partial charge < -0.3 is 15.0 Å². The van der Waals surface area contributed by atoms with Gasteiger partial charge >= 0.3 is 0 Å². The van der Waals surface area contributed by atoms with Crippen LogP contribution in [0.25, 0.3) is 27.5 Å². The minimum Gasteiger partial charge on any atom is -0.411 e. The number of aromatic nitrogens is 1. The molecule has 6 rings (SSSR count). The summed E-state index contributed by atoms with van der Waals surface area (Å²) in [6.07, 6.45) is 0. The Morgan fingerprint density at radius 2 is 1.19 bits per heavy atom. The van der Waals surface area contributed by atoms with Crippen LogP contribution in [-0.4, -0.2) is 32.2 Å².